The second kappa shape index (κ2) is 8.62. The van der Waals surface area contributed by atoms with Crippen molar-refractivity contribution in [2.24, 2.45) is 0 Å². The molecule has 0 aliphatic rings. The molecule has 0 aliphatic carbocycles. The SMILES string of the molecule is CCCC(CCC)=C(CC)c1cc(Cl)c(OC(F)(F)F)cc1C. The van der Waals surface area contributed by atoms with Gasteiger partial charge in [-0.1, -0.05) is 50.8 Å². The Kier molecular flexibility index (Phi) is 7.46. The Bertz CT molecular complexity index is 554. The fourth-order valence-electron chi connectivity index (χ4n) is 2.84. The number of rotatable bonds is 7. The third-order valence-corrected chi connectivity index (χ3v) is 4.01. The van der Waals surface area contributed by atoms with Crippen LogP contribution in [0.15, 0.2) is 17.7 Å². The fourth-order valence-corrected chi connectivity index (χ4v) is 3.05. The van der Waals surface area contributed by atoms with Crippen LogP contribution in [0.5, 0.6) is 5.75 Å². The van der Waals surface area contributed by atoms with E-state index in [9.17, 15) is 13.2 Å². The van der Waals surface area contributed by atoms with Crippen LogP contribution < -0.4 is 4.74 Å². The highest BCUT2D eigenvalue weighted by Gasteiger charge is 2.32. The molecule has 0 aliphatic heterocycles. The van der Waals surface area contributed by atoms with Crippen LogP contribution in [0.25, 0.3) is 5.57 Å². The van der Waals surface area contributed by atoms with Crippen molar-refractivity contribution >= 4 is 17.2 Å². The average molecular weight is 349 g/mol. The Balaban J connectivity index is 3.35. The van der Waals surface area contributed by atoms with Gasteiger partial charge in [-0.25, -0.2) is 0 Å². The van der Waals surface area contributed by atoms with Crippen LogP contribution in [0.3, 0.4) is 0 Å². The summed E-state index contributed by atoms with van der Waals surface area (Å²) in [6, 6.07) is 2.97. The van der Waals surface area contributed by atoms with Gasteiger partial charge in [-0.3, -0.25) is 0 Å². The zero-order valence-electron chi connectivity index (χ0n) is 14.1. The lowest BCUT2D eigenvalue weighted by atomic mass is 9.90. The highest BCUT2D eigenvalue weighted by atomic mass is 35.5. The van der Waals surface area contributed by atoms with Gasteiger partial charge in [0.1, 0.15) is 5.75 Å². The number of benzene rings is 1. The van der Waals surface area contributed by atoms with Gasteiger partial charge in [-0.05, 0) is 55.0 Å². The molecule has 1 nitrogen and oxygen atoms in total. The van der Waals surface area contributed by atoms with E-state index in [1.807, 2.05) is 0 Å². The van der Waals surface area contributed by atoms with Crippen molar-refractivity contribution in [2.75, 3.05) is 0 Å². The third-order valence-electron chi connectivity index (χ3n) is 3.71. The molecule has 0 radical (unpaired) electrons. The molecule has 0 fully saturated rings. The number of allylic oxidation sites excluding steroid dienone is 2. The van der Waals surface area contributed by atoms with E-state index in [1.54, 1.807) is 13.0 Å². The van der Waals surface area contributed by atoms with E-state index in [1.165, 1.54) is 17.2 Å². The van der Waals surface area contributed by atoms with E-state index in [-0.39, 0.29) is 10.8 Å². The van der Waals surface area contributed by atoms with E-state index in [4.69, 9.17) is 11.6 Å². The molecule has 0 amide bonds. The molecular weight excluding hydrogens is 325 g/mol. The van der Waals surface area contributed by atoms with E-state index >= 15 is 0 Å². The average Bonchev–Trinajstić information content (AvgIpc) is 2.43. The lowest BCUT2D eigenvalue weighted by Gasteiger charge is -2.18. The Morgan fingerprint density at radius 1 is 1.09 bits per heavy atom. The summed E-state index contributed by atoms with van der Waals surface area (Å²) in [5.41, 5.74) is 4.21. The number of halogens is 4. The van der Waals surface area contributed by atoms with Crippen LogP contribution in [0.2, 0.25) is 5.02 Å². The van der Waals surface area contributed by atoms with Gasteiger partial charge in [0.05, 0.1) is 5.02 Å². The normalized spacial score (nSPS) is 11.5. The van der Waals surface area contributed by atoms with Crippen molar-refractivity contribution in [1.29, 1.82) is 0 Å². The van der Waals surface area contributed by atoms with Crippen LogP contribution in [0.4, 0.5) is 13.2 Å². The molecule has 0 unspecified atom stereocenters. The molecule has 1 aromatic rings. The molecule has 0 heterocycles. The molecule has 23 heavy (non-hydrogen) atoms. The smallest absolute Gasteiger partial charge is 0.404 e. The summed E-state index contributed by atoms with van der Waals surface area (Å²) in [5.74, 6) is -0.344. The van der Waals surface area contributed by atoms with Gasteiger partial charge < -0.3 is 4.74 Å². The maximum absolute atomic E-state index is 12.4. The summed E-state index contributed by atoms with van der Waals surface area (Å²) in [6.45, 7) is 8.11. The summed E-state index contributed by atoms with van der Waals surface area (Å²) < 4.78 is 41.2. The van der Waals surface area contributed by atoms with Gasteiger partial charge in [-0.15, -0.1) is 13.2 Å². The molecule has 0 atom stereocenters. The summed E-state index contributed by atoms with van der Waals surface area (Å²) in [7, 11) is 0. The topological polar surface area (TPSA) is 9.23 Å². The van der Waals surface area contributed by atoms with Gasteiger partial charge in [0, 0.05) is 0 Å². The predicted molar refractivity (Wildman–Crippen MR) is 89.9 cm³/mol. The Morgan fingerprint density at radius 2 is 1.65 bits per heavy atom. The Morgan fingerprint density at radius 3 is 2.09 bits per heavy atom. The van der Waals surface area contributed by atoms with Gasteiger partial charge in [-0.2, -0.15) is 0 Å². The fraction of sp³-hybridized carbons (Fsp3) is 0.556. The van der Waals surface area contributed by atoms with Crippen LogP contribution in [-0.4, -0.2) is 6.36 Å². The molecule has 0 saturated carbocycles. The highest BCUT2D eigenvalue weighted by Crippen LogP contribution is 2.37. The first-order chi connectivity index (χ1) is 10.7. The minimum atomic E-state index is -4.74. The number of ether oxygens (including phenoxy) is 1. The standard InChI is InChI=1S/C18H24ClF3O/c1-5-8-13(9-6-2)14(7-3)15-11-16(19)17(10-12(15)4)23-18(20,21)22/h10-11H,5-9H2,1-4H3. The largest absolute Gasteiger partial charge is 0.573 e. The summed E-state index contributed by atoms with van der Waals surface area (Å²) in [6.07, 6.45) is 0.161. The Hall–Kier alpha value is -1.16. The summed E-state index contributed by atoms with van der Waals surface area (Å²) in [4.78, 5) is 0. The lowest BCUT2D eigenvalue weighted by molar-refractivity contribution is -0.274. The quantitative estimate of drug-likeness (QED) is 0.502. The summed E-state index contributed by atoms with van der Waals surface area (Å²) in [5, 5.41) is -0.0128. The van der Waals surface area contributed by atoms with Gasteiger partial charge >= 0.3 is 6.36 Å². The molecule has 130 valence electrons. The number of hydrogen-bond acceptors (Lipinski definition) is 1. The molecule has 0 aromatic heterocycles. The molecule has 1 aromatic carbocycles. The maximum atomic E-state index is 12.4. The highest BCUT2D eigenvalue weighted by molar-refractivity contribution is 6.32. The third kappa shape index (κ3) is 5.76. The molecule has 1 rings (SSSR count). The minimum Gasteiger partial charge on any atom is -0.404 e. The van der Waals surface area contributed by atoms with Gasteiger partial charge in [0.25, 0.3) is 0 Å². The Labute approximate surface area is 141 Å². The van der Waals surface area contributed by atoms with Crippen LogP contribution >= 0.6 is 11.6 Å². The van der Waals surface area contributed by atoms with E-state index in [0.717, 1.165) is 43.2 Å². The second-order valence-electron chi connectivity index (χ2n) is 5.58. The van der Waals surface area contributed by atoms with E-state index in [0.29, 0.717) is 0 Å². The van der Waals surface area contributed by atoms with Crippen molar-refractivity contribution in [3.63, 3.8) is 0 Å². The number of alkyl halides is 3. The van der Waals surface area contributed by atoms with Gasteiger partial charge in [0.15, 0.2) is 0 Å². The maximum Gasteiger partial charge on any atom is 0.573 e. The summed E-state index contributed by atoms with van der Waals surface area (Å²) >= 11 is 6.02. The first-order valence-corrected chi connectivity index (χ1v) is 8.38. The van der Waals surface area contributed by atoms with E-state index < -0.39 is 6.36 Å². The van der Waals surface area contributed by atoms with Crippen LogP contribution in [0, 0.1) is 6.92 Å². The first-order valence-electron chi connectivity index (χ1n) is 8.00. The predicted octanol–water partition coefficient (Wildman–Crippen LogP) is 7.31. The lowest BCUT2D eigenvalue weighted by Crippen LogP contribution is -2.17. The van der Waals surface area contributed by atoms with Crippen LogP contribution in [-0.2, 0) is 0 Å². The zero-order valence-corrected chi connectivity index (χ0v) is 14.9. The molecule has 0 bridgehead atoms. The molecule has 0 N–H and O–H groups in total. The van der Waals surface area contributed by atoms with Crippen LogP contribution in [0.1, 0.15) is 64.0 Å². The van der Waals surface area contributed by atoms with E-state index in [2.05, 4.69) is 25.5 Å². The van der Waals surface area contributed by atoms with Gasteiger partial charge in [0.2, 0.25) is 0 Å². The van der Waals surface area contributed by atoms with Crippen molar-refractivity contribution in [3.05, 3.63) is 33.9 Å². The molecule has 0 spiro atoms. The van der Waals surface area contributed by atoms with Crippen molar-refractivity contribution in [2.45, 2.75) is 66.2 Å². The molecular formula is C18H24ClF3O. The number of aryl methyl sites for hydroxylation is 1. The minimum absolute atomic E-state index is 0.0128. The zero-order chi connectivity index (χ0) is 17.6. The van der Waals surface area contributed by atoms with Crippen molar-refractivity contribution in [3.8, 4) is 5.75 Å². The monoisotopic (exact) mass is 348 g/mol. The second-order valence-corrected chi connectivity index (χ2v) is 5.99. The molecule has 0 saturated heterocycles. The first kappa shape index (κ1) is 19.9. The molecule has 5 heteroatoms. The van der Waals surface area contributed by atoms with Crippen molar-refractivity contribution in [1.82, 2.24) is 0 Å². The number of hydrogen-bond donors (Lipinski definition) is 0. The van der Waals surface area contributed by atoms with Crippen molar-refractivity contribution < 1.29 is 17.9 Å².